The van der Waals surface area contributed by atoms with Crippen molar-refractivity contribution >= 4 is 40.2 Å². The van der Waals surface area contributed by atoms with Crippen molar-refractivity contribution < 1.29 is 9.59 Å². The molecule has 7 heteroatoms. The van der Waals surface area contributed by atoms with Crippen molar-refractivity contribution in [2.75, 3.05) is 6.54 Å². The first-order valence-electron chi connectivity index (χ1n) is 7.98. The Kier molecular flexibility index (Phi) is 8.19. The summed E-state index contributed by atoms with van der Waals surface area (Å²) < 4.78 is 0.705. The molecule has 24 heavy (non-hydrogen) atoms. The lowest BCUT2D eigenvalue weighted by Gasteiger charge is -2.23. The van der Waals surface area contributed by atoms with Crippen molar-refractivity contribution in [1.29, 1.82) is 0 Å². The fourth-order valence-electron chi connectivity index (χ4n) is 2.42. The molecule has 2 amide bonds. The first-order chi connectivity index (χ1) is 10.9. The maximum atomic E-state index is 12.4. The molecule has 5 nitrogen and oxygen atoms in total. The summed E-state index contributed by atoms with van der Waals surface area (Å²) in [5.74, 6) is 0.0653. The topological polar surface area (TPSA) is 84.2 Å². The molecule has 0 heterocycles. The van der Waals surface area contributed by atoms with Crippen molar-refractivity contribution in [2.24, 2.45) is 17.6 Å². The predicted octanol–water partition coefficient (Wildman–Crippen LogP) is 2.48. The lowest BCUT2D eigenvalue weighted by Crippen LogP contribution is -2.52. The summed E-state index contributed by atoms with van der Waals surface area (Å²) in [6, 6.07) is 6.57. The monoisotopic (exact) mass is 417 g/mol. The fourth-order valence-corrected chi connectivity index (χ4v) is 2.88. The molecule has 0 aromatic heterocycles. The van der Waals surface area contributed by atoms with Gasteiger partial charge >= 0.3 is 0 Å². The lowest BCUT2D eigenvalue weighted by atomic mass is 10.0. The lowest BCUT2D eigenvalue weighted by molar-refractivity contribution is -0.124. The van der Waals surface area contributed by atoms with Crippen LogP contribution in [0.25, 0.3) is 0 Å². The Morgan fingerprint density at radius 2 is 1.92 bits per heavy atom. The smallest absolute Gasteiger partial charge is 0.253 e. The van der Waals surface area contributed by atoms with E-state index in [0.717, 1.165) is 12.8 Å². The number of hydrogen-bond donors (Lipinski definition) is 3. The number of carbonyl (C=O) groups is 2. The normalized spacial score (nSPS) is 16.0. The third kappa shape index (κ3) is 5.76. The Balaban J connectivity index is 0.00000288. The zero-order chi connectivity index (χ0) is 17.0. The van der Waals surface area contributed by atoms with E-state index in [2.05, 4.69) is 26.6 Å². The van der Waals surface area contributed by atoms with Gasteiger partial charge in [-0.15, -0.1) is 12.4 Å². The highest BCUT2D eigenvalue weighted by Gasteiger charge is 2.30. The zero-order valence-corrected chi connectivity index (χ0v) is 16.3. The van der Waals surface area contributed by atoms with Crippen molar-refractivity contribution in [2.45, 2.75) is 38.8 Å². The second-order valence-corrected chi connectivity index (χ2v) is 7.28. The minimum absolute atomic E-state index is 0. The second kappa shape index (κ2) is 9.39. The highest BCUT2D eigenvalue weighted by Crippen LogP contribution is 2.31. The largest absolute Gasteiger partial charge is 0.353 e. The molecule has 1 fully saturated rings. The molecule has 1 aromatic rings. The summed E-state index contributed by atoms with van der Waals surface area (Å²) in [5, 5.41) is 5.69. The Bertz CT molecular complexity index is 579. The standard InChI is InChI=1S/C17H24BrN3O2.ClH/c1-10(2)15(17(23)20-9-14(19)11-7-8-11)21-16(22)12-5-3-4-6-13(12)18;/h3-6,10-11,14-15H,7-9,19H2,1-2H3,(H,20,23)(H,21,22);1H. The van der Waals surface area contributed by atoms with Gasteiger partial charge in [0.25, 0.3) is 5.91 Å². The van der Waals surface area contributed by atoms with Gasteiger partial charge in [0.2, 0.25) is 5.91 Å². The van der Waals surface area contributed by atoms with Gasteiger partial charge in [-0.2, -0.15) is 0 Å². The number of carbonyl (C=O) groups excluding carboxylic acids is 2. The molecular weight excluding hydrogens is 394 g/mol. The van der Waals surface area contributed by atoms with E-state index in [1.807, 2.05) is 19.9 Å². The first-order valence-corrected chi connectivity index (χ1v) is 8.78. The minimum Gasteiger partial charge on any atom is -0.353 e. The van der Waals surface area contributed by atoms with Crippen LogP contribution in [0, 0.1) is 11.8 Å². The Hall–Kier alpha value is -1.11. The average Bonchev–Trinajstić information content (AvgIpc) is 3.34. The molecule has 2 rings (SSSR count). The van der Waals surface area contributed by atoms with Gasteiger partial charge in [0.1, 0.15) is 6.04 Å². The predicted molar refractivity (Wildman–Crippen MR) is 101 cm³/mol. The molecule has 0 radical (unpaired) electrons. The van der Waals surface area contributed by atoms with E-state index >= 15 is 0 Å². The van der Waals surface area contributed by atoms with E-state index in [1.165, 1.54) is 0 Å². The number of nitrogens with two attached hydrogens (primary N) is 1. The van der Waals surface area contributed by atoms with Gasteiger partial charge < -0.3 is 16.4 Å². The number of halogens is 2. The molecule has 1 aliphatic carbocycles. The minimum atomic E-state index is -0.582. The molecular formula is C17H25BrClN3O2. The molecule has 1 saturated carbocycles. The van der Waals surface area contributed by atoms with Gasteiger partial charge in [0, 0.05) is 17.1 Å². The molecule has 0 spiro atoms. The van der Waals surface area contributed by atoms with Gasteiger partial charge in [-0.1, -0.05) is 26.0 Å². The van der Waals surface area contributed by atoms with E-state index < -0.39 is 6.04 Å². The SMILES string of the molecule is CC(C)C(NC(=O)c1ccccc1Br)C(=O)NCC(N)C1CC1.Cl. The third-order valence-electron chi connectivity index (χ3n) is 4.09. The summed E-state index contributed by atoms with van der Waals surface area (Å²) in [7, 11) is 0. The molecule has 0 aliphatic heterocycles. The molecule has 2 unspecified atom stereocenters. The van der Waals surface area contributed by atoms with Crippen LogP contribution in [0.2, 0.25) is 0 Å². The van der Waals surface area contributed by atoms with Crippen molar-refractivity contribution in [3.63, 3.8) is 0 Å². The van der Waals surface area contributed by atoms with Crippen LogP contribution >= 0.6 is 28.3 Å². The fraction of sp³-hybridized carbons (Fsp3) is 0.529. The molecule has 1 aromatic carbocycles. The van der Waals surface area contributed by atoms with E-state index in [1.54, 1.807) is 18.2 Å². The zero-order valence-electron chi connectivity index (χ0n) is 13.9. The van der Waals surface area contributed by atoms with Crippen LogP contribution in [0.15, 0.2) is 28.7 Å². The third-order valence-corrected chi connectivity index (χ3v) is 4.79. The van der Waals surface area contributed by atoms with Gasteiger partial charge in [-0.25, -0.2) is 0 Å². The average molecular weight is 419 g/mol. The van der Waals surface area contributed by atoms with Gasteiger partial charge in [-0.3, -0.25) is 9.59 Å². The van der Waals surface area contributed by atoms with Crippen LogP contribution in [0.4, 0.5) is 0 Å². The van der Waals surface area contributed by atoms with E-state index in [0.29, 0.717) is 22.5 Å². The number of nitrogens with one attached hydrogen (secondary N) is 2. The molecule has 4 N–H and O–H groups in total. The summed E-state index contributed by atoms with van der Waals surface area (Å²) in [4.78, 5) is 24.8. The molecule has 2 atom stereocenters. The molecule has 1 aliphatic rings. The quantitative estimate of drug-likeness (QED) is 0.636. The number of amides is 2. The summed E-state index contributed by atoms with van der Waals surface area (Å²) in [5.41, 5.74) is 6.52. The Labute approximate surface area is 157 Å². The molecule has 134 valence electrons. The van der Waals surface area contributed by atoms with Crippen LogP contribution in [0.1, 0.15) is 37.0 Å². The highest BCUT2D eigenvalue weighted by molar-refractivity contribution is 9.10. The number of hydrogen-bond acceptors (Lipinski definition) is 3. The van der Waals surface area contributed by atoms with Gasteiger partial charge in [-0.05, 0) is 52.7 Å². The second-order valence-electron chi connectivity index (χ2n) is 6.42. The maximum Gasteiger partial charge on any atom is 0.253 e. The van der Waals surface area contributed by atoms with E-state index in [4.69, 9.17) is 5.73 Å². The Morgan fingerprint density at radius 1 is 1.29 bits per heavy atom. The van der Waals surface area contributed by atoms with Crippen molar-refractivity contribution in [1.82, 2.24) is 10.6 Å². The van der Waals surface area contributed by atoms with Gasteiger partial charge in [0.05, 0.1) is 5.56 Å². The maximum absolute atomic E-state index is 12.4. The number of benzene rings is 1. The van der Waals surface area contributed by atoms with E-state index in [-0.39, 0.29) is 36.2 Å². The van der Waals surface area contributed by atoms with Crippen molar-refractivity contribution in [3.8, 4) is 0 Å². The van der Waals surface area contributed by atoms with Crippen LogP contribution in [0.3, 0.4) is 0 Å². The van der Waals surface area contributed by atoms with Crippen LogP contribution < -0.4 is 16.4 Å². The van der Waals surface area contributed by atoms with E-state index in [9.17, 15) is 9.59 Å². The summed E-state index contributed by atoms with van der Waals surface area (Å²) in [6.07, 6.45) is 2.28. The first kappa shape index (κ1) is 20.9. The summed E-state index contributed by atoms with van der Waals surface area (Å²) >= 11 is 3.36. The van der Waals surface area contributed by atoms with Crippen LogP contribution in [-0.4, -0.2) is 30.4 Å². The highest BCUT2D eigenvalue weighted by atomic mass is 79.9. The van der Waals surface area contributed by atoms with Crippen LogP contribution in [-0.2, 0) is 4.79 Å². The van der Waals surface area contributed by atoms with Crippen LogP contribution in [0.5, 0.6) is 0 Å². The Morgan fingerprint density at radius 3 is 2.46 bits per heavy atom. The number of rotatable bonds is 7. The molecule has 0 saturated heterocycles. The molecule has 0 bridgehead atoms. The summed E-state index contributed by atoms with van der Waals surface area (Å²) in [6.45, 7) is 4.27. The van der Waals surface area contributed by atoms with Gasteiger partial charge in [0.15, 0.2) is 0 Å². The van der Waals surface area contributed by atoms with Crippen molar-refractivity contribution in [3.05, 3.63) is 34.3 Å².